The lowest BCUT2D eigenvalue weighted by molar-refractivity contribution is 0.308. The lowest BCUT2D eigenvalue weighted by Crippen LogP contribution is -2.16. The normalized spacial score (nSPS) is 10.4. The maximum absolute atomic E-state index is 5.80. The van der Waals surface area contributed by atoms with E-state index in [0.29, 0.717) is 0 Å². The molecular weight excluding hydrogens is 310 g/mol. The van der Waals surface area contributed by atoms with Gasteiger partial charge in [-0.15, -0.1) is 0 Å². The zero-order valence-electron chi connectivity index (χ0n) is 14.2. The molecule has 0 spiro atoms. The van der Waals surface area contributed by atoms with E-state index in [1.54, 1.807) is 0 Å². The summed E-state index contributed by atoms with van der Waals surface area (Å²) in [5, 5.41) is 3.44. The Morgan fingerprint density at radius 1 is 0.640 bits per heavy atom. The Morgan fingerprint density at radius 3 is 1.92 bits per heavy atom. The van der Waals surface area contributed by atoms with Gasteiger partial charge in [-0.05, 0) is 54.9 Å². The van der Waals surface area contributed by atoms with Crippen molar-refractivity contribution in [3.63, 3.8) is 0 Å². The predicted molar refractivity (Wildman–Crippen MR) is 101 cm³/mol. The van der Waals surface area contributed by atoms with Crippen LogP contribution in [-0.4, -0.2) is 13.2 Å². The minimum absolute atomic E-state index is 0.723. The molecule has 3 rings (SSSR count). The van der Waals surface area contributed by atoms with Gasteiger partial charge in [-0.3, -0.25) is 0 Å². The van der Waals surface area contributed by atoms with Gasteiger partial charge in [0.2, 0.25) is 0 Å². The van der Waals surface area contributed by atoms with Crippen molar-refractivity contribution in [1.82, 2.24) is 5.32 Å². The molecule has 0 aromatic heterocycles. The molecule has 0 aliphatic rings. The Morgan fingerprint density at radius 2 is 1.24 bits per heavy atom. The highest BCUT2D eigenvalue weighted by atomic mass is 16.5. The van der Waals surface area contributed by atoms with Crippen LogP contribution in [0.25, 0.3) is 0 Å². The van der Waals surface area contributed by atoms with Crippen LogP contribution < -0.4 is 14.8 Å². The van der Waals surface area contributed by atoms with Crippen LogP contribution in [-0.2, 0) is 6.54 Å². The quantitative estimate of drug-likeness (QED) is 0.557. The van der Waals surface area contributed by atoms with Crippen molar-refractivity contribution in [2.24, 2.45) is 0 Å². The number of benzene rings is 3. The maximum Gasteiger partial charge on any atom is 0.127 e. The van der Waals surface area contributed by atoms with Gasteiger partial charge in [0, 0.05) is 6.54 Å². The summed E-state index contributed by atoms with van der Waals surface area (Å²) in [5.74, 6) is 2.63. The number of rotatable bonds is 9. The molecule has 0 amide bonds. The summed E-state index contributed by atoms with van der Waals surface area (Å²) in [6.07, 6.45) is 0.976. The maximum atomic E-state index is 5.80. The Hall–Kier alpha value is -2.78. The molecular formula is C22H23NO2. The third kappa shape index (κ3) is 5.98. The first-order valence-electron chi connectivity index (χ1n) is 8.60. The zero-order chi connectivity index (χ0) is 17.2. The van der Waals surface area contributed by atoms with Gasteiger partial charge in [0.25, 0.3) is 0 Å². The lowest BCUT2D eigenvalue weighted by Gasteiger charge is -2.08. The largest absolute Gasteiger partial charge is 0.494 e. The van der Waals surface area contributed by atoms with Gasteiger partial charge in [-0.2, -0.15) is 0 Å². The molecule has 0 saturated heterocycles. The molecule has 0 atom stereocenters. The van der Waals surface area contributed by atoms with Gasteiger partial charge in [0.15, 0.2) is 0 Å². The van der Waals surface area contributed by atoms with E-state index in [1.165, 1.54) is 5.56 Å². The van der Waals surface area contributed by atoms with E-state index < -0.39 is 0 Å². The van der Waals surface area contributed by atoms with Gasteiger partial charge in [-0.1, -0.05) is 48.5 Å². The van der Waals surface area contributed by atoms with Crippen molar-refractivity contribution in [3.8, 4) is 17.2 Å². The van der Waals surface area contributed by atoms with Crippen molar-refractivity contribution >= 4 is 0 Å². The summed E-state index contributed by atoms with van der Waals surface area (Å²) >= 11 is 0. The monoisotopic (exact) mass is 333 g/mol. The van der Waals surface area contributed by atoms with Gasteiger partial charge in [-0.25, -0.2) is 0 Å². The summed E-state index contributed by atoms with van der Waals surface area (Å²) in [6, 6.07) is 27.9. The van der Waals surface area contributed by atoms with Gasteiger partial charge in [0.05, 0.1) is 6.61 Å². The van der Waals surface area contributed by atoms with E-state index in [-0.39, 0.29) is 0 Å². The average Bonchev–Trinajstić information content (AvgIpc) is 2.67. The van der Waals surface area contributed by atoms with Gasteiger partial charge >= 0.3 is 0 Å². The van der Waals surface area contributed by atoms with E-state index in [0.717, 1.165) is 43.4 Å². The van der Waals surface area contributed by atoms with Gasteiger partial charge in [0.1, 0.15) is 17.2 Å². The van der Waals surface area contributed by atoms with Crippen LogP contribution in [0, 0.1) is 0 Å². The fraction of sp³-hybridized carbons (Fsp3) is 0.182. The fourth-order valence-corrected chi connectivity index (χ4v) is 2.44. The molecule has 3 nitrogen and oxygen atoms in total. The molecule has 128 valence electrons. The summed E-state index contributed by atoms with van der Waals surface area (Å²) in [7, 11) is 0. The summed E-state index contributed by atoms with van der Waals surface area (Å²) in [4.78, 5) is 0. The minimum Gasteiger partial charge on any atom is -0.494 e. The first-order chi connectivity index (χ1) is 12.4. The van der Waals surface area contributed by atoms with E-state index >= 15 is 0 Å². The van der Waals surface area contributed by atoms with Crippen molar-refractivity contribution in [3.05, 3.63) is 90.5 Å². The highest BCUT2D eigenvalue weighted by Gasteiger charge is 1.98. The Bertz CT molecular complexity index is 727. The molecule has 3 aromatic rings. The van der Waals surface area contributed by atoms with E-state index in [1.807, 2.05) is 72.8 Å². The molecule has 0 unspecified atom stereocenters. The molecule has 0 aliphatic carbocycles. The number of hydrogen-bond donors (Lipinski definition) is 1. The van der Waals surface area contributed by atoms with Crippen LogP contribution >= 0.6 is 0 Å². The highest BCUT2D eigenvalue weighted by Crippen LogP contribution is 2.21. The first-order valence-corrected chi connectivity index (χ1v) is 8.60. The van der Waals surface area contributed by atoms with E-state index in [9.17, 15) is 0 Å². The average molecular weight is 333 g/mol. The third-order valence-corrected chi connectivity index (χ3v) is 3.74. The lowest BCUT2D eigenvalue weighted by atomic mass is 10.2. The van der Waals surface area contributed by atoms with Crippen molar-refractivity contribution in [2.75, 3.05) is 13.2 Å². The van der Waals surface area contributed by atoms with E-state index in [2.05, 4.69) is 17.4 Å². The number of ether oxygens (including phenoxy) is 2. The SMILES string of the molecule is c1ccc(OCCCNCc2ccc(Oc3ccccc3)cc2)cc1. The molecule has 0 bridgehead atoms. The molecule has 0 fully saturated rings. The second kappa shape index (κ2) is 9.50. The molecule has 0 heterocycles. The molecule has 3 aromatic carbocycles. The minimum atomic E-state index is 0.723. The van der Waals surface area contributed by atoms with Crippen LogP contribution in [0.1, 0.15) is 12.0 Å². The first kappa shape index (κ1) is 17.1. The number of hydrogen-bond acceptors (Lipinski definition) is 3. The van der Waals surface area contributed by atoms with Gasteiger partial charge < -0.3 is 14.8 Å². The topological polar surface area (TPSA) is 30.5 Å². The molecule has 25 heavy (non-hydrogen) atoms. The fourth-order valence-electron chi connectivity index (χ4n) is 2.44. The van der Waals surface area contributed by atoms with E-state index in [4.69, 9.17) is 9.47 Å². The molecule has 3 heteroatoms. The molecule has 1 N–H and O–H groups in total. The highest BCUT2D eigenvalue weighted by molar-refractivity contribution is 5.32. The Kier molecular flexibility index (Phi) is 6.48. The summed E-state index contributed by atoms with van der Waals surface area (Å²) in [6.45, 7) is 2.49. The summed E-state index contributed by atoms with van der Waals surface area (Å²) in [5.41, 5.74) is 1.24. The smallest absolute Gasteiger partial charge is 0.127 e. The van der Waals surface area contributed by atoms with Crippen LogP contribution in [0.4, 0.5) is 0 Å². The number of para-hydroxylation sites is 2. The van der Waals surface area contributed by atoms with Crippen LogP contribution in [0.3, 0.4) is 0 Å². The van der Waals surface area contributed by atoms with Crippen molar-refractivity contribution in [2.45, 2.75) is 13.0 Å². The predicted octanol–water partition coefficient (Wildman–Crippen LogP) is 5.04. The second-order valence-corrected chi connectivity index (χ2v) is 5.75. The van der Waals surface area contributed by atoms with Crippen molar-refractivity contribution < 1.29 is 9.47 Å². The third-order valence-electron chi connectivity index (χ3n) is 3.74. The van der Waals surface area contributed by atoms with Crippen LogP contribution in [0.5, 0.6) is 17.2 Å². The second-order valence-electron chi connectivity index (χ2n) is 5.75. The van der Waals surface area contributed by atoms with Crippen LogP contribution in [0.15, 0.2) is 84.9 Å². The number of nitrogens with one attached hydrogen (secondary N) is 1. The molecule has 0 aliphatic heterocycles. The zero-order valence-corrected chi connectivity index (χ0v) is 14.2. The standard InChI is InChI=1S/C22H23NO2/c1-3-8-20(9-4-1)24-17-7-16-23-18-19-12-14-22(15-13-19)25-21-10-5-2-6-11-21/h1-6,8-15,23H,7,16-18H2. The Labute approximate surface area is 149 Å². The molecule has 0 radical (unpaired) electrons. The van der Waals surface area contributed by atoms with Crippen LogP contribution in [0.2, 0.25) is 0 Å². The molecule has 0 saturated carbocycles. The Balaban J connectivity index is 1.33. The van der Waals surface area contributed by atoms with Crippen molar-refractivity contribution in [1.29, 1.82) is 0 Å². The summed E-state index contributed by atoms with van der Waals surface area (Å²) < 4.78 is 11.5.